The Hall–Kier alpha value is -3.15. The topological polar surface area (TPSA) is 95.5 Å². The second kappa shape index (κ2) is 10.7. The van der Waals surface area contributed by atoms with Gasteiger partial charge in [-0.15, -0.1) is 0 Å². The first-order valence-electron chi connectivity index (χ1n) is 11.9. The first-order valence-corrected chi connectivity index (χ1v) is 13.5. The molecule has 194 valence electrons. The Bertz CT molecular complexity index is 1550. The Morgan fingerprint density at radius 3 is 2.78 bits per heavy atom. The zero-order chi connectivity index (χ0) is 26.1. The third kappa shape index (κ3) is 4.78. The van der Waals surface area contributed by atoms with Crippen molar-refractivity contribution in [3.05, 3.63) is 77.1 Å². The lowest BCUT2D eigenvalue weighted by molar-refractivity contribution is -0.139. The molecule has 37 heavy (non-hydrogen) atoms. The van der Waals surface area contributed by atoms with E-state index in [0.29, 0.717) is 56.8 Å². The van der Waals surface area contributed by atoms with Gasteiger partial charge >= 0.3 is 5.97 Å². The van der Waals surface area contributed by atoms with Crippen LogP contribution in [0.5, 0.6) is 5.75 Å². The number of methoxy groups -OCH3 is 1. The average molecular weight is 588 g/mol. The molecule has 0 spiro atoms. The molecule has 0 amide bonds. The summed E-state index contributed by atoms with van der Waals surface area (Å²) in [6.07, 6.45) is 1.71. The molecule has 0 aliphatic carbocycles. The van der Waals surface area contributed by atoms with Crippen molar-refractivity contribution in [2.45, 2.75) is 19.9 Å². The summed E-state index contributed by atoms with van der Waals surface area (Å²) in [5.41, 5.74) is 1.19. The number of halogens is 1. The Morgan fingerprint density at radius 2 is 2.05 bits per heavy atom. The van der Waals surface area contributed by atoms with E-state index in [1.165, 1.54) is 15.9 Å². The van der Waals surface area contributed by atoms with Crippen molar-refractivity contribution in [2.75, 3.05) is 44.9 Å². The zero-order valence-corrected chi connectivity index (χ0v) is 23.1. The number of esters is 1. The Labute approximate surface area is 225 Å². The van der Waals surface area contributed by atoms with Crippen LogP contribution < -0.4 is 24.5 Å². The molecule has 1 fully saturated rings. The van der Waals surface area contributed by atoms with Crippen LogP contribution in [0.25, 0.3) is 6.08 Å². The van der Waals surface area contributed by atoms with Crippen molar-refractivity contribution in [1.29, 1.82) is 0 Å². The van der Waals surface area contributed by atoms with Crippen LogP contribution in [0.1, 0.15) is 31.2 Å². The fraction of sp³-hybridized carbons (Fsp3) is 0.346. The van der Waals surface area contributed by atoms with Gasteiger partial charge in [0.05, 0.1) is 47.2 Å². The third-order valence-electron chi connectivity index (χ3n) is 6.21. The molecule has 0 N–H and O–H groups in total. The van der Waals surface area contributed by atoms with Crippen molar-refractivity contribution < 1.29 is 23.4 Å². The van der Waals surface area contributed by atoms with Gasteiger partial charge in [0.2, 0.25) is 5.88 Å². The fourth-order valence-electron chi connectivity index (χ4n) is 4.54. The molecule has 2 aromatic heterocycles. The number of carbonyl (C=O) groups excluding carboxylic acids is 1. The van der Waals surface area contributed by atoms with Gasteiger partial charge in [0, 0.05) is 30.8 Å². The number of thiazole rings is 1. The highest BCUT2D eigenvalue weighted by Gasteiger charge is 2.35. The number of fused-ring (bicyclic) bond motifs is 1. The number of ether oxygens (including phenoxy) is 3. The largest absolute Gasteiger partial charge is 0.496 e. The number of nitrogens with zero attached hydrogens (tertiary/aromatic N) is 3. The average Bonchev–Trinajstić information content (AvgIpc) is 3.42. The van der Waals surface area contributed by atoms with E-state index in [0.717, 1.165) is 17.6 Å². The highest BCUT2D eigenvalue weighted by Crippen LogP contribution is 2.36. The smallest absolute Gasteiger partial charge is 0.338 e. The Kier molecular flexibility index (Phi) is 7.36. The van der Waals surface area contributed by atoms with Gasteiger partial charge in [0.1, 0.15) is 17.6 Å². The van der Waals surface area contributed by atoms with E-state index in [-0.39, 0.29) is 12.2 Å². The number of para-hydroxylation sites is 1. The number of anilines is 1. The summed E-state index contributed by atoms with van der Waals surface area (Å²) in [7, 11) is 1.56. The quantitative estimate of drug-likeness (QED) is 0.409. The van der Waals surface area contributed by atoms with E-state index < -0.39 is 12.0 Å². The van der Waals surface area contributed by atoms with Gasteiger partial charge in [-0.25, -0.2) is 9.79 Å². The van der Waals surface area contributed by atoms with Crippen LogP contribution in [0.4, 0.5) is 5.88 Å². The molecule has 3 aromatic rings. The maximum Gasteiger partial charge on any atom is 0.338 e. The van der Waals surface area contributed by atoms with Crippen LogP contribution in [-0.2, 0) is 14.3 Å². The molecule has 0 radical (unpaired) electrons. The van der Waals surface area contributed by atoms with Crippen LogP contribution in [-0.4, -0.2) is 50.6 Å². The summed E-state index contributed by atoms with van der Waals surface area (Å²) < 4.78 is 25.3. The lowest BCUT2D eigenvalue weighted by atomic mass is 9.95. The molecule has 0 unspecified atom stereocenters. The number of hydrogen-bond donors (Lipinski definition) is 0. The number of allylic oxidation sites excluding steroid dienone is 1. The Balaban J connectivity index is 1.65. The number of morpholine rings is 1. The van der Waals surface area contributed by atoms with Crippen molar-refractivity contribution in [2.24, 2.45) is 4.99 Å². The summed E-state index contributed by atoms with van der Waals surface area (Å²) in [5, 5.41) is 0. The van der Waals surface area contributed by atoms with Gasteiger partial charge in [-0.1, -0.05) is 29.5 Å². The predicted molar refractivity (Wildman–Crippen MR) is 143 cm³/mol. The number of aromatic nitrogens is 1. The molecule has 1 aromatic carbocycles. The second-order valence-corrected chi connectivity index (χ2v) is 10.3. The summed E-state index contributed by atoms with van der Waals surface area (Å²) >= 11 is 4.82. The SMILES string of the molecule is CCOC(=O)C1=C(C)N=c2s/c(=C/c3cc(Br)c(N4CCOCC4)o3)c(=O)n2[C@@H]1c1ccccc1OC. The molecular formula is C26H26BrN3O6S. The minimum Gasteiger partial charge on any atom is -0.496 e. The first-order chi connectivity index (χ1) is 17.9. The molecule has 5 rings (SSSR count). The number of carbonyl (C=O) groups is 1. The van der Waals surface area contributed by atoms with Crippen LogP contribution in [0, 0.1) is 0 Å². The fourth-order valence-corrected chi connectivity index (χ4v) is 6.12. The summed E-state index contributed by atoms with van der Waals surface area (Å²) in [4.78, 5) is 34.1. The van der Waals surface area contributed by atoms with Crippen molar-refractivity contribution in [3.8, 4) is 5.75 Å². The first kappa shape index (κ1) is 25.5. The molecule has 4 heterocycles. The van der Waals surface area contributed by atoms with E-state index in [1.54, 1.807) is 33.1 Å². The predicted octanol–water partition coefficient (Wildman–Crippen LogP) is 3.00. The zero-order valence-electron chi connectivity index (χ0n) is 20.7. The van der Waals surface area contributed by atoms with E-state index in [4.69, 9.17) is 18.6 Å². The molecular weight excluding hydrogens is 562 g/mol. The van der Waals surface area contributed by atoms with Crippen LogP contribution in [0.3, 0.4) is 0 Å². The summed E-state index contributed by atoms with van der Waals surface area (Å²) in [5.74, 6) is 1.28. The Morgan fingerprint density at radius 1 is 1.30 bits per heavy atom. The number of benzene rings is 1. The molecule has 1 atom stereocenters. The highest BCUT2D eigenvalue weighted by molar-refractivity contribution is 9.10. The molecule has 9 nitrogen and oxygen atoms in total. The van der Waals surface area contributed by atoms with Crippen LogP contribution in [0.15, 0.2) is 60.3 Å². The number of hydrogen-bond acceptors (Lipinski definition) is 9. The van der Waals surface area contributed by atoms with Crippen molar-refractivity contribution in [3.63, 3.8) is 0 Å². The maximum atomic E-state index is 13.8. The summed E-state index contributed by atoms with van der Waals surface area (Å²) in [6.45, 7) is 6.42. The van der Waals surface area contributed by atoms with Gasteiger partial charge in [0.25, 0.3) is 5.56 Å². The minimum absolute atomic E-state index is 0.206. The number of furan rings is 1. The summed E-state index contributed by atoms with van der Waals surface area (Å²) in [6, 6.07) is 8.43. The minimum atomic E-state index is -0.749. The van der Waals surface area contributed by atoms with E-state index in [1.807, 2.05) is 24.3 Å². The van der Waals surface area contributed by atoms with E-state index >= 15 is 0 Å². The third-order valence-corrected chi connectivity index (χ3v) is 7.76. The molecule has 11 heteroatoms. The van der Waals surface area contributed by atoms with Crippen LogP contribution >= 0.6 is 27.3 Å². The second-order valence-electron chi connectivity index (χ2n) is 8.45. The molecule has 2 aliphatic rings. The molecule has 0 saturated carbocycles. The van der Waals surface area contributed by atoms with E-state index in [2.05, 4.69) is 25.8 Å². The van der Waals surface area contributed by atoms with E-state index in [9.17, 15) is 9.59 Å². The lowest BCUT2D eigenvalue weighted by Gasteiger charge is -2.26. The van der Waals surface area contributed by atoms with Crippen LogP contribution in [0.2, 0.25) is 0 Å². The van der Waals surface area contributed by atoms with Gasteiger partial charge in [-0.3, -0.25) is 9.36 Å². The standard InChI is InChI=1S/C26H26BrN3O6S/c1-4-35-25(32)21-15(2)28-26-30(22(21)17-7-5-6-8-19(17)33-3)23(31)20(37-26)14-16-13-18(27)24(36-16)29-9-11-34-12-10-29/h5-8,13-14,22H,4,9-12H2,1-3H3/b20-14+/t22-/m1/s1. The van der Waals surface area contributed by atoms with Gasteiger partial charge in [0.15, 0.2) is 4.80 Å². The highest BCUT2D eigenvalue weighted by atomic mass is 79.9. The molecule has 1 saturated heterocycles. The maximum absolute atomic E-state index is 13.8. The van der Waals surface area contributed by atoms with Gasteiger partial charge < -0.3 is 23.5 Å². The lowest BCUT2D eigenvalue weighted by Crippen LogP contribution is -2.40. The normalized spacial score (nSPS) is 18.0. The number of rotatable bonds is 6. The van der Waals surface area contributed by atoms with Crippen molar-refractivity contribution in [1.82, 2.24) is 4.57 Å². The monoisotopic (exact) mass is 587 g/mol. The van der Waals surface area contributed by atoms with Gasteiger partial charge in [-0.2, -0.15) is 0 Å². The van der Waals surface area contributed by atoms with Crippen molar-refractivity contribution >= 4 is 45.2 Å². The molecule has 0 bridgehead atoms. The van der Waals surface area contributed by atoms with Gasteiger partial charge in [-0.05, 0) is 35.8 Å². The molecule has 2 aliphatic heterocycles.